The molecule has 2 N–H and O–H groups in total. The van der Waals surface area contributed by atoms with E-state index >= 15 is 0 Å². The molecule has 0 radical (unpaired) electrons. The lowest BCUT2D eigenvalue weighted by molar-refractivity contribution is -0.118. The Bertz CT molecular complexity index is 840. The highest BCUT2D eigenvalue weighted by atomic mass is 16.2. The van der Waals surface area contributed by atoms with Crippen LogP contribution in [0, 0.1) is 27.7 Å². The zero-order valence-corrected chi connectivity index (χ0v) is 15.7. The summed E-state index contributed by atoms with van der Waals surface area (Å²) in [5, 5.41) is 5.64. The predicted octanol–water partition coefficient (Wildman–Crippen LogP) is 3.85. The van der Waals surface area contributed by atoms with E-state index in [9.17, 15) is 9.59 Å². The fourth-order valence-electron chi connectivity index (χ4n) is 3.45. The van der Waals surface area contributed by atoms with Crippen LogP contribution in [0.15, 0.2) is 36.4 Å². The van der Waals surface area contributed by atoms with Crippen molar-refractivity contribution in [3.05, 3.63) is 58.7 Å². The largest absolute Gasteiger partial charge is 0.326 e. The molecule has 1 heterocycles. The molecule has 1 aliphatic heterocycles. The zero-order valence-electron chi connectivity index (χ0n) is 15.7. The fraction of sp³-hybridized carbons (Fsp3) is 0.333. The average molecular weight is 351 g/mol. The van der Waals surface area contributed by atoms with Crippen LogP contribution in [0.5, 0.6) is 0 Å². The predicted molar refractivity (Wildman–Crippen MR) is 105 cm³/mol. The standard InChI is InChI=1S/C21H25N3O2/c1-13-5-6-18(16(4)10-13)22-21(26)23-19-7-8-24(20(19)25)17-11-14(2)9-15(3)12-17/h5-6,9-12,19H,7-8H2,1-4H3,(H2,22,23,26)/t19-/m0/s1. The summed E-state index contributed by atoms with van der Waals surface area (Å²) >= 11 is 0. The van der Waals surface area contributed by atoms with Gasteiger partial charge in [-0.05, 0) is 69.0 Å². The number of aryl methyl sites for hydroxylation is 4. The van der Waals surface area contributed by atoms with Crippen molar-refractivity contribution in [2.45, 2.75) is 40.2 Å². The van der Waals surface area contributed by atoms with Gasteiger partial charge in [-0.25, -0.2) is 4.79 Å². The van der Waals surface area contributed by atoms with Crippen molar-refractivity contribution in [2.24, 2.45) is 0 Å². The average Bonchev–Trinajstić information content (AvgIpc) is 2.90. The maximum Gasteiger partial charge on any atom is 0.319 e. The molecule has 1 atom stereocenters. The van der Waals surface area contributed by atoms with Crippen LogP contribution in [0.2, 0.25) is 0 Å². The maximum absolute atomic E-state index is 12.7. The highest BCUT2D eigenvalue weighted by Gasteiger charge is 2.33. The molecule has 0 spiro atoms. The van der Waals surface area contributed by atoms with Crippen LogP contribution in [0.4, 0.5) is 16.2 Å². The molecule has 136 valence electrons. The summed E-state index contributed by atoms with van der Waals surface area (Å²) in [6.45, 7) is 8.60. The minimum absolute atomic E-state index is 0.0641. The van der Waals surface area contributed by atoms with Gasteiger partial charge >= 0.3 is 6.03 Å². The second-order valence-electron chi connectivity index (χ2n) is 7.09. The first-order valence-corrected chi connectivity index (χ1v) is 8.88. The van der Waals surface area contributed by atoms with E-state index in [4.69, 9.17) is 0 Å². The highest BCUT2D eigenvalue weighted by Crippen LogP contribution is 2.24. The van der Waals surface area contributed by atoms with E-state index in [0.29, 0.717) is 13.0 Å². The van der Waals surface area contributed by atoms with E-state index in [1.54, 1.807) is 4.90 Å². The molecule has 0 aromatic heterocycles. The molecule has 5 heteroatoms. The molecule has 0 unspecified atom stereocenters. The monoisotopic (exact) mass is 351 g/mol. The Balaban J connectivity index is 1.65. The Hall–Kier alpha value is -2.82. The third-order valence-electron chi connectivity index (χ3n) is 4.66. The van der Waals surface area contributed by atoms with Crippen LogP contribution in [0.1, 0.15) is 28.7 Å². The Morgan fingerprint density at radius 3 is 2.35 bits per heavy atom. The minimum atomic E-state index is -0.499. The van der Waals surface area contributed by atoms with Crippen molar-refractivity contribution >= 4 is 23.3 Å². The first-order valence-electron chi connectivity index (χ1n) is 8.88. The third-order valence-corrected chi connectivity index (χ3v) is 4.66. The van der Waals surface area contributed by atoms with Gasteiger partial charge in [0.05, 0.1) is 0 Å². The van der Waals surface area contributed by atoms with Crippen LogP contribution in [0.25, 0.3) is 0 Å². The fourth-order valence-corrected chi connectivity index (χ4v) is 3.45. The summed E-state index contributed by atoms with van der Waals surface area (Å²) in [7, 11) is 0. The zero-order chi connectivity index (χ0) is 18.8. The SMILES string of the molecule is Cc1cc(C)cc(N2CC[C@H](NC(=O)Nc3ccc(C)cc3C)C2=O)c1. The number of carbonyl (C=O) groups excluding carboxylic acids is 2. The number of urea groups is 1. The van der Waals surface area contributed by atoms with Gasteiger partial charge in [0.1, 0.15) is 6.04 Å². The van der Waals surface area contributed by atoms with Gasteiger partial charge < -0.3 is 15.5 Å². The molecule has 3 amide bonds. The molecule has 0 saturated carbocycles. The van der Waals surface area contributed by atoms with E-state index in [0.717, 1.165) is 33.6 Å². The summed E-state index contributed by atoms with van der Waals surface area (Å²) in [5.74, 6) is -0.0641. The summed E-state index contributed by atoms with van der Waals surface area (Å²) in [6, 6.07) is 11.1. The van der Waals surface area contributed by atoms with E-state index in [-0.39, 0.29) is 11.9 Å². The van der Waals surface area contributed by atoms with Gasteiger partial charge in [-0.2, -0.15) is 0 Å². The third kappa shape index (κ3) is 3.87. The van der Waals surface area contributed by atoms with Crippen molar-refractivity contribution in [3.8, 4) is 0 Å². The molecule has 2 aromatic carbocycles. The van der Waals surface area contributed by atoms with Gasteiger partial charge in [0.15, 0.2) is 0 Å². The minimum Gasteiger partial charge on any atom is -0.326 e. The van der Waals surface area contributed by atoms with Gasteiger partial charge in [0.2, 0.25) is 5.91 Å². The first-order chi connectivity index (χ1) is 12.3. The van der Waals surface area contributed by atoms with Crippen LogP contribution >= 0.6 is 0 Å². The second kappa shape index (κ2) is 7.20. The van der Waals surface area contributed by atoms with E-state index in [2.05, 4.69) is 16.7 Å². The number of nitrogens with zero attached hydrogens (tertiary/aromatic N) is 1. The Labute approximate surface area is 154 Å². The van der Waals surface area contributed by atoms with Crippen LogP contribution in [-0.4, -0.2) is 24.5 Å². The molecule has 0 aliphatic carbocycles. The second-order valence-corrected chi connectivity index (χ2v) is 7.09. The summed E-state index contributed by atoms with van der Waals surface area (Å²) in [4.78, 5) is 26.8. The molecule has 1 aliphatic rings. The summed E-state index contributed by atoms with van der Waals surface area (Å²) in [5.41, 5.74) is 6.03. The molecule has 3 rings (SSSR count). The molecular weight excluding hydrogens is 326 g/mol. The number of hydrogen-bond donors (Lipinski definition) is 2. The molecular formula is C21H25N3O2. The van der Waals surface area contributed by atoms with Gasteiger partial charge in [-0.15, -0.1) is 0 Å². The van der Waals surface area contributed by atoms with E-state index in [1.165, 1.54) is 0 Å². The molecule has 1 saturated heterocycles. The van der Waals surface area contributed by atoms with Crippen molar-refractivity contribution in [2.75, 3.05) is 16.8 Å². The number of carbonyl (C=O) groups is 2. The quantitative estimate of drug-likeness (QED) is 0.882. The highest BCUT2D eigenvalue weighted by molar-refractivity contribution is 6.02. The lowest BCUT2D eigenvalue weighted by atomic mass is 10.1. The van der Waals surface area contributed by atoms with Crippen molar-refractivity contribution < 1.29 is 9.59 Å². The molecule has 26 heavy (non-hydrogen) atoms. The van der Waals surface area contributed by atoms with Crippen molar-refractivity contribution in [1.29, 1.82) is 0 Å². The first kappa shape index (κ1) is 18.0. The van der Waals surface area contributed by atoms with Crippen LogP contribution in [0.3, 0.4) is 0 Å². The van der Waals surface area contributed by atoms with Crippen molar-refractivity contribution in [3.63, 3.8) is 0 Å². The lowest BCUT2D eigenvalue weighted by Crippen LogP contribution is -2.43. The number of nitrogens with one attached hydrogen (secondary N) is 2. The normalized spacial score (nSPS) is 16.7. The van der Waals surface area contributed by atoms with Gasteiger partial charge in [-0.1, -0.05) is 23.8 Å². The van der Waals surface area contributed by atoms with Crippen LogP contribution < -0.4 is 15.5 Å². The van der Waals surface area contributed by atoms with Gasteiger partial charge in [0.25, 0.3) is 0 Å². The maximum atomic E-state index is 12.7. The molecule has 5 nitrogen and oxygen atoms in total. The lowest BCUT2D eigenvalue weighted by Gasteiger charge is -2.19. The van der Waals surface area contributed by atoms with E-state index < -0.39 is 6.04 Å². The smallest absolute Gasteiger partial charge is 0.319 e. The molecule has 0 bridgehead atoms. The number of rotatable bonds is 3. The van der Waals surface area contributed by atoms with Crippen molar-refractivity contribution in [1.82, 2.24) is 5.32 Å². The van der Waals surface area contributed by atoms with E-state index in [1.807, 2.05) is 58.0 Å². The number of benzene rings is 2. The molecule has 1 fully saturated rings. The number of anilines is 2. The summed E-state index contributed by atoms with van der Waals surface area (Å²) in [6.07, 6.45) is 0.603. The van der Waals surface area contributed by atoms with Gasteiger partial charge in [-0.3, -0.25) is 4.79 Å². The molecule has 2 aromatic rings. The number of hydrogen-bond acceptors (Lipinski definition) is 2. The topological polar surface area (TPSA) is 61.4 Å². The Morgan fingerprint density at radius 2 is 1.69 bits per heavy atom. The Kier molecular flexibility index (Phi) is 4.98. The Morgan fingerprint density at radius 1 is 1.00 bits per heavy atom. The number of amides is 3. The van der Waals surface area contributed by atoms with Gasteiger partial charge in [0, 0.05) is 17.9 Å². The summed E-state index contributed by atoms with van der Waals surface area (Å²) < 4.78 is 0. The van der Waals surface area contributed by atoms with Crippen LogP contribution in [-0.2, 0) is 4.79 Å².